The van der Waals surface area contributed by atoms with E-state index in [-0.39, 0.29) is 24.0 Å². The molecule has 0 fully saturated rings. The molecule has 0 saturated carbocycles. The van der Waals surface area contributed by atoms with Gasteiger partial charge in [-0.15, -0.1) is 24.0 Å². The number of aryl methyl sites for hydroxylation is 1. The summed E-state index contributed by atoms with van der Waals surface area (Å²) < 4.78 is 1.87. The molecule has 0 unspecified atom stereocenters. The molecule has 0 spiro atoms. The molecule has 26 heavy (non-hydrogen) atoms. The molecule has 0 aliphatic carbocycles. The summed E-state index contributed by atoms with van der Waals surface area (Å²) in [5.74, 6) is 0.817. The Morgan fingerprint density at radius 2 is 2.00 bits per heavy atom. The smallest absolute Gasteiger partial charge is 0.191 e. The standard InChI is InChI=1S/C19H26N6.HI/c1-3-20-19(22-15-18-9-10-23-24(18)2)21-14-16-7-6-8-17(13-16)25-11-4-5-12-25;/h4-10,13H,3,11-12,14-15H2,1-2H3,(H2,20,21,22);1H. The second-order valence-electron chi connectivity index (χ2n) is 6.04. The molecular formula is C19H27IN6. The summed E-state index contributed by atoms with van der Waals surface area (Å²) in [6.45, 7) is 6.22. The molecule has 0 saturated heterocycles. The molecule has 0 radical (unpaired) electrons. The summed E-state index contributed by atoms with van der Waals surface area (Å²) in [5, 5.41) is 10.8. The molecule has 1 aliphatic heterocycles. The predicted octanol–water partition coefficient (Wildman–Crippen LogP) is 2.67. The summed E-state index contributed by atoms with van der Waals surface area (Å²) in [6, 6.07) is 10.6. The lowest BCUT2D eigenvalue weighted by atomic mass is 10.2. The van der Waals surface area contributed by atoms with Gasteiger partial charge in [-0.3, -0.25) is 4.68 Å². The molecule has 2 heterocycles. The minimum absolute atomic E-state index is 0. The second kappa shape index (κ2) is 10.2. The van der Waals surface area contributed by atoms with Gasteiger partial charge in [0.25, 0.3) is 0 Å². The molecule has 1 aliphatic rings. The van der Waals surface area contributed by atoms with Gasteiger partial charge in [0, 0.05) is 38.6 Å². The highest BCUT2D eigenvalue weighted by atomic mass is 127. The maximum atomic E-state index is 4.71. The molecule has 0 atom stereocenters. The lowest BCUT2D eigenvalue weighted by molar-refractivity contribution is 0.685. The first kappa shape index (κ1) is 20.3. The molecule has 2 N–H and O–H groups in total. The van der Waals surface area contributed by atoms with E-state index in [9.17, 15) is 0 Å². The zero-order valence-corrected chi connectivity index (χ0v) is 17.7. The first-order valence-electron chi connectivity index (χ1n) is 8.74. The highest BCUT2D eigenvalue weighted by Crippen LogP contribution is 2.18. The summed E-state index contributed by atoms with van der Waals surface area (Å²) in [7, 11) is 1.94. The Kier molecular flexibility index (Phi) is 7.96. The van der Waals surface area contributed by atoms with Crippen molar-refractivity contribution in [3.05, 3.63) is 59.9 Å². The largest absolute Gasteiger partial charge is 0.364 e. The summed E-state index contributed by atoms with van der Waals surface area (Å²) in [4.78, 5) is 7.06. The summed E-state index contributed by atoms with van der Waals surface area (Å²) >= 11 is 0. The minimum atomic E-state index is 0. The Labute approximate surface area is 172 Å². The molecule has 2 aromatic rings. The third-order valence-corrected chi connectivity index (χ3v) is 4.22. The number of halogens is 1. The number of hydrogen-bond acceptors (Lipinski definition) is 3. The number of hydrogen-bond donors (Lipinski definition) is 2. The van der Waals surface area contributed by atoms with Crippen LogP contribution in [0.15, 0.2) is 53.7 Å². The minimum Gasteiger partial charge on any atom is -0.364 e. The van der Waals surface area contributed by atoms with Crippen molar-refractivity contribution in [3.63, 3.8) is 0 Å². The number of guanidine groups is 1. The molecule has 7 heteroatoms. The van der Waals surface area contributed by atoms with Gasteiger partial charge in [-0.25, -0.2) is 4.99 Å². The van der Waals surface area contributed by atoms with E-state index in [1.54, 1.807) is 6.20 Å². The van der Waals surface area contributed by atoms with Crippen molar-refractivity contribution in [2.75, 3.05) is 24.5 Å². The average molecular weight is 466 g/mol. The van der Waals surface area contributed by atoms with E-state index in [1.807, 2.05) is 17.8 Å². The van der Waals surface area contributed by atoms with Crippen LogP contribution in [0.4, 0.5) is 5.69 Å². The monoisotopic (exact) mass is 466 g/mol. The number of nitrogens with zero attached hydrogens (tertiary/aromatic N) is 4. The van der Waals surface area contributed by atoms with Gasteiger partial charge in [0.05, 0.1) is 18.8 Å². The van der Waals surface area contributed by atoms with Crippen molar-refractivity contribution in [2.45, 2.75) is 20.0 Å². The van der Waals surface area contributed by atoms with Gasteiger partial charge in [-0.05, 0) is 30.7 Å². The van der Waals surface area contributed by atoms with E-state index in [4.69, 9.17) is 4.99 Å². The fourth-order valence-corrected chi connectivity index (χ4v) is 2.80. The zero-order valence-electron chi connectivity index (χ0n) is 15.4. The van der Waals surface area contributed by atoms with Crippen LogP contribution in [0, 0.1) is 0 Å². The van der Waals surface area contributed by atoms with Gasteiger partial charge in [0.1, 0.15) is 0 Å². The summed E-state index contributed by atoms with van der Waals surface area (Å²) in [6.07, 6.45) is 6.21. The number of aromatic nitrogens is 2. The maximum absolute atomic E-state index is 4.71. The quantitative estimate of drug-likeness (QED) is 0.298. The maximum Gasteiger partial charge on any atom is 0.191 e. The van der Waals surface area contributed by atoms with Gasteiger partial charge < -0.3 is 15.5 Å². The normalized spacial score (nSPS) is 13.6. The van der Waals surface area contributed by atoms with E-state index < -0.39 is 0 Å². The average Bonchev–Trinajstić information content (AvgIpc) is 3.29. The van der Waals surface area contributed by atoms with Crippen LogP contribution in [0.3, 0.4) is 0 Å². The van der Waals surface area contributed by atoms with Crippen molar-refractivity contribution in [3.8, 4) is 0 Å². The van der Waals surface area contributed by atoms with Crippen LogP contribution < -0.4 is 15.5 Å². The molecule has 1 aromatic heterocycles. The van der Waals surface area contributed by atoms with Crippen molar-refractivity contribution in [1.29, 1.82) is 0 Å². The third kappa shape index (κ3) is 5.48. The van der Waals surface area contributed by atoms with Gasteiger partial charge in [0.15, 0.2) is 5.96 Å². The SMILES string of the molecule is CCNC(=NCc1cccc(N2CC=CC2)c1)NCc1ccnn1C.I. The molecule has 0 bridgehead atoms. The number of rotatable bonds is 6. The summed E-state index contributed by atoms with van der Waals surface area (Å²) in [5.41, 5.74) is 3.59. The molecule has 0 amide bonds. The van der Waals surface area contributed by atoms with Crippen molar-refractivity contribution < 1.29 is 0 Å². The van der Waals surface area contributed by atoms with Crippen LogP contribution in [-0.4, -0.2) is 35.4 Å². The Morgan fingerprint density at radius 3 is 2.69 bits per heavy atom. The van der Waals surface area contributed by atoms with Crippen LogP contribution in [0.2, 0.25) is 0 Å². The van der Waals surface area contributed by atoms with Gasteiger partial charge in [-0.2, -0.15) is 5.10 Å². The number of anilines is 1. The fraction of sp³-hybridized carbons (Fsp3) is 0.368. The van der Waals surface area contributed by atoms with E-state index in [2.05, 4.69) is 64.0 Å². The number of benzene rings is 1. The van der Waals surface area contributed by atoms with Crippen molar-refractivity contribution in [1.82, 2.24) is 20.4 Å². The molecule has 140 valence electrons. The Bertz CT molecular complexity index is 744. The van der Waals surface area contributed by atoms with Crippen LogP contribution in [0.25, 0.3) is 0 Å². The van der Waals surface area contributed by atoms with E-state index in [1.165, 1.54) is 11.3 Å². The molecular weight excluding hydrogens is 439 g/mol. The topological polar surface area (TPSA) is 57.5 Å². The lowest BCUT2D eigenvalue weighted by Crippen LogP contribution is -2.37. The first-order valence-corrected chi connectivity index (χ1v) is 8.74. The van der Waals surface area contributed by atoms with Gasteiger partial charge in [0.2, 0.25) is 0 Å². The van der Waals surface area contributed by atoms with Crippen LogP contribution >= 0.6 is 24.0 Å². The van der Waals surface area contributed by atoms with Crippen molar-refractivity contribution >= 4 is 35.6 Å². The van der Waals surface area contributed by atoms with Gasteiger partial charge >= 0.3 is 0 Å². The van der Waals surface area contributed by atoms with E-state index in [0.29, 0.717) is 13.1 Å². The van der Waals surface area contributed by atoms with Crippen LogP contribution in [0.1, 0.15) is 18.2 Å². The Morgan fingerprint density at radius 1 is 1.19 bits per heavy atom. The first-order chi connectivity index (χ1) is 12.3. The van der Waals surface area contributed by atoms with Crippen molar-refractivity contribution in [2.24, 2.45) is 12.0 Å². The van der Waals surface area contributed by atoms with E-state index >= 15 is 0 Å². The van der Waals surface area contributed by atoms with E-state index in [0.717, 1.165) is 31.3 Å². The Balaban J connectivity index is 0.00000243. The van der Waals surface area contributed by atoms with Crippen LogP contribution in [0.5, 0.6) is 0 Å². The van der Waals surface area contributed by atoms with Crippen LogP contribution in [-0.2, 0) is 20.1 Å². The predicted molar refractivity (Wildman–Crippen MR) is 118 cm³/mol. The second-order valence-corrected chi connectivity index (χ2v) is 6.04. The molecule has 6 nitrogen and oxygen atoms in total. The molecule has 1 aromatic carbocycles. The van der Waals surface area contributed by atoms with Gasteiger partial charge in [-0.1, -0.05) is 24.3 Å². The highest BCUT2D eigenvalue weighted by Gasteiger charge is 2.08. The third-order valence-electron chi connectivity index (χ3n) is 4.22. The lowest BCUT2D eigenvalue weighted by Gasteiger charge is -2.18. The number of nitrogens with one attached hydrogen (secondary N) is 2. The molecule has 3 rings (SSSR count). The number of aliphatic imine (C=N–C) groups is 1. The zero-order chi connectivity index (χ0) is 17.5. The Hall–Kier alpha value is -2.03. The fourth-order valence-electron chi connectivity index (χ4n) is 2.80. The highest BCUT2D eigenvalue weighted by molar-refractivity contribution is 14.0.